The van der Waals surface area contributed by atoms with Crippen LogP contribution in [-0.2, 0) is 4.74 Å². The summed E-state index contributed by atoms with van der Waals surface area (Å²) >= 11 is 0. The first kappa shape index (κ1) is 18.3. The second-order valence-electron chi connectivity index (χ2n) is 7.45. The normalized spacial score (nSPS) is 23.5. The molecule has 1 spiro atoms. The smallest absolute Gasteiger partial charge is 0.415 e. The van der Waals surface area contributed by atoms with E-state index in [-0.39, 0.29) is 11.6 Å². The van der Waals surface area contributed by atoms with E-state index in [4.69, 9.17) is 4.74 Å². The molecule has 2 heterocycles. The molecular formula is C15H25F3N2O3. The van der Waals surface area contributed by atoms with Crippen molar-refractivity contribution in [3.63, 3.8) is 0 Å². The van der Waals surface area contributed by atoms with E-state index in [1.807, 2.05) is 0 Å². The van der Waals surface area contributed by atoms with Crippen LogP contribution in [0.5, 0.6) is 0 Å². The number of rotatable bonds is 2. The highest BCUT2D eigenvalue weighted by Crippen LogP contribution is 2.41. The van der Waals surface area contributed by atoms with Crippen molar-refractivity contribution in [3.05, 3.63) is 0 Å². The quantitative estimate of drug-likeness (QED) is 0.840. The molecule has 5 nitrogen and oxygen atoms in total. The Morgan fingerprint density at radius 2 is 1.70 bits per heavy atom. The number of aliphatic hydroxyl groups is 1. The van der Waals surface area contributed by atoms with Gasteiger partial charge < -0.3 is 14.7 Å². The van der Waals surface area contributed by atoms with Crippen LogP contribution in [0.25, 0.3) is 0 Å². The number of β-amino-alcohol motifs (C(OH)–C–C–N with tert-alkyl or cyclic N) is 1. The minimum atomic E-state index is -4.59. The van der Waals surface area contributed by atoms with E-state index in [1.54, 1.807) is 30.6 Å². The molecule has 1 N–H and O–H groups in total. The van der Waals surface area contributed by atoms with Crippen LogP contribution in [0.4, 0.5) is 18.0 Å². The van der Waals surface area contributed by atoms with E-state index in [0.717, 1.165) is 6.42 Å². The van der Waals surface area contributed by atoms with Crippen molar-refractivity contribution in [3.8, 4) is 0 Å². The molecule has 2 rings (SSSR count). The van der Waals surface area contributed by atoms with Gasteiger partial charge in [0.15, 0.2) is 6.10 Å². The third-order valence-corrected chi connectivity index (χ3v) is 4.63. The number of aliphatic hydroxyl groups excluding tert-OH is 1. The second kappa shape index (κ2) is 6.12. The summed E-state index contributed by atoms with van der Waals surface area (Å²) in [6.07, 6.45) is -5.27. The van der Waals surface area contributed by atoms with Gasteiger partial charge in [-0.15, -0.1) is 0 Å². The Hall–Kier alpha value is -1.02. The standard InChI is InChI=1S/C15H25F3N2O3/c1-13(2,3)23-12(22)19-7-4-14(5-8-19)6-9-20(14)10-11(21)15(16,17)18/h11,21H,4-10H2,1-3H3/t11-/m0/s1. The molecule has 8 heteroatoms. The molecule has 0 aromatic carbocycles. The number of ether oxygens (including phenoxy) is 1. The van der Waals surface area contributed by atoms with Gasteiger partial charge in [0.25, 0.3) is 0 Å². The number of hydrogen-bond donors (Lipinski definition) is 1. The Morgan fingerprint density at radius 3 is 2.09 bits per heavy atom. The Balaban J connectivity index is 1.87. The van der Waals surface area contributed by atoms with Gasteiger partial charge in [-0.3, -0.25) is 4.90 Å². The molecule has 2 saturated heterocycles. The topological polar surface area (TPSA) is 53.0 Å². The van der Waals surface area contributed by atoms with Crippen LogP contribution in [0.2, 0.25) is 0 Å². The third-order valence-electron chi connectivity index (χ3n) is 4.63. The SMILES string of the molecule is CC(C)(C)OC(=O)N1CCC2(CC1)CCN2C[C@H](O)C(F)(F)F. The Morgan fingerprint density at radius 1 is 1.17 bits per heavy atom. The Bertz CT molecular complexity index is 440. The van der Waals surface area contributed by atoms with Gasteiger partial charge in [-0.25, -0.2) is 4.79 Å². The van der Waals surface area contributed by atoms with Crippen LogP contribution in [0.3, 0.4) is 0 Å². The maximum absolute atomic E-state index is 12.5. The Labute approximate surface area is 134 Å². The zero-order valence-electron chi connectivity index (χ0n) is 13.8. The predicted molar refractivity (Wildman–Crippen MR) is 78.0 cm³/mol. The third kappa shape index (κ3) is 4.29. The summed E-state index contributed by atoms with van der Waals surface area (Å²) in [7, 11) is 0. The highest BCUT2D eigenvalue weighted by Gasteiger charge is 2.50. The lowest BCUT2D eigenvalue weighted by molar-refractivity contribution is -0.219. The molecule has 1 atom stereocenters. The van der Waals surface area contributed by atoms with Crippen LogP contribution in [0.1, 0.15) is 40.0 Å². The molecule has 2 aliphatic heterocycles. The lowest BCUT2D eigenvalue weighted by atomic mass is 9.76. The maximum atomic E-state index is 12.5. The largest absolute Gasteiger partial charge is 0.444 e. The average Bonchev–Trinajstić information content (AvgIpc) is 2.40. The van der Waals surface area contributed by atoms with Gasteiger partial charge in [0.1, 0.15) is 5.60 Å². The van der Waals surface area contributed by atoms with Gasteiger partial charge in [0, 0.05) is 31.7 Å². The molecule has 0 saturated carbocycles. The van der Waals surface area contributed by atoms with Crippen molar-refractivity contribution < 1.29 is 27.8 Å². The number of nitrogens with zero attached hydrogens (tertiary/aromatic N) is 2. The summed E-state index contributed by atoms with van der Waals surface area (Å²) in [5.41, 5.74) is -0.879. The summed E-state index contributed by atoms with van der Waals surface area (Å²) < 4.78 is 42.8. The van der Waals surface area contributed by atoms with Gasteiger partial charge in [-0.2, -0.15) is 13.2 Å². The molecule has 0 bridgehead atoms. The number of piperidine rings is 1. The van der Waals surface area contributed by atoms with E-state index in [0.29, 0.717) is 32.5 Å². The average molecular weight is 338 g/mol. The minimum Gasteiger partial charge on any atom is -0.444 e. The van der Waals surface area contributed by atoms with E-state index in [9.17, 15) is 23.1 Å². The lowest BCUT2D eigenvalue weighted by Crippen LogP contribution is -2.66. The van der Waals surface area contributed by atoms with E-state index in [1.165, 1.54) is 0 Å². The molecule has 0 aromatic rings. The molecule has 0 radical (unpaired) electrons. The lowest BCUT2D eigenvalue weighted by Gasteiger charge is -2.57. The van der Waals surface area contributed by atoms with Crippen molar-refractivity contribution in [1.29, 1.82) is 0 Å². The van der Waals surface area contributed by atoms with E-state index >= 15 is 0 Å². The fourth-order valence-corrected chi connectivity index (χ4v) is 3.18. The molecule has 0 aromatic heterocycles. The number of halogens is 3. The number of amides is 1. The molecule has 2 aliphatic rings. The molecule has 23 heavy (non-hydrogen) atoms. The molecule has 0 aliphatic carbocycles. The van der Waals surface area contributed by atoms with Gasteiger partial charge in [0.05, 0.1) is 0 Å². The minimum absolute atomic E-state index is 0.315. The van der Waals surface area contributed by atoms with E-state index < -0.39 is 24.4 Å². The maximum Gasteiger partial charge on any atom is 0.415 e. The second-order valence-corrected chi connectivity index (χ2v) is 7.45. The highest BCUT2D eigenvalue weighted by molar-refractivity contribution is 5.68. The van der Waals surface area contributed by atoms with E-state index in [2.05, 4.69) is 0 Å². The molecule has 0 unspecified atom stereocenters. The number of carbonyl (C=O) groups is 1. The molecular weight excluding hydrogens is 313 g/mol. The summed E-state index contributed by atoms with van der Waals surface area (Å²) in [4.78, 5) is 15.3. The van der Waals surface area contributed by atoms with Crippen LogP contribution < -0.4 is 0 Å². The monoisotopic (exact) mass is 338 g/mol. The molecule has 1 amide bonds. The van der Waals surface area contributed by atoms with Gasteiger partial charge in [0.2, 0.25) is 0 Å². The zero-order valence-corrected chi connectivity index (χ0v) is 13.8. The first-order valence-electron chi connectivity index (χ1n) is 7.91. The van der Waals surface area contributed by atoms with Crippen molar-refractivity contribution in [2.24, 2.45) is 0 Å². The van der Waals surface area contributed by atoms with Crippen molar-refractivity contribution >= 4 is 6.09 Å². The van der Waals surface area contributed by atoms with Gasteiger partial charge >= 0.3 is 12.3 Å². The van der Waals surface area contributed by atoms with Crippen LogP contribution in [0.15, 0.2) is 0 Å². The van der Waals surface area contributed by atoms with Crippen molar-refractivity contribution in [1.82, 2.24) is 9.80 Å². The van der Waals surface area contributed by atoms with Crippen LogP contribution in [-0.4, -0.2) is 70.6 Å². The number of hydrogen-bond acceptors (Lipinski definition) is 4. The van der Waals surface area contributed by atoms with Crippen LogP contribution in [0, 0.1) is 0 Å². The first-order chi connectivity index (χ1) is 10.4. The number of likely N-dealkylation sites (tertiary alicyclic amines) is 2. The van der Waals surface area contributed by atoms with Gasteiger partial charge in [-0.1, -0.05) is 0 Å². The summed E-state index contributed by atoms with van der Waals surface area (Å²) in [5, 5.41) is 9.25. The summed E-state index contributed by atoms with van der Waals surface area (Å²) in [5.74, 6) is 0. The Kier molecular flexibility index (Phi) is 4.88. The first-order valence-corrected chi connectivity index (χ1v) is 7.91. The van der Waals surface area contributed by atoms with Gasteiger partial charge in [-0.05, 0) is 40.0 Å². The number of alkyl halides is 3. The summed E-state index contributed by atoms with van der Waals surface area (Å²) in [6.45, 7) is 6.48. The molecule has 134 valence electrons. The fourth-order valence-electron chi connectivity index (χ4n) is 3.18. The zero-order chi connectivity index (χ0) is 17.5. The predicted octanol–water partition coefficient (Wildman–Crippen LogP) is 2.39. The van der Waals surface area contributed by atoms with Crippen LogP contribution >= 0.6 is 0 Å². The summed E-state index contributed by atoms with van der Waals surface area (Å²) in [6, 6.07) is 0. The number of carbonyl (C=O) groups excluding carboxylic acids is 1. The molecule has 2 fully saturated rings. The van der Waals surface area contributed by atoms with Crippen molar-refractivity contribution in [2.75, 3.05) is 26.2 Å². The fraction of sp³-hybridized carbons (Fsp3) is 0.933. The van der Waals surface area contributed by atoms with Crippen molar-refractivity contribution in [2.45, 2.75) is 63.5 Å². The highest BCUT2D eigenvalue weighted by atomic mass is 19.4.